The average Bonchev–Trinajstić information content (AvgIpc) is 3.40. The molecule has 3 fully saturated rings. The second-order valence-corrected chi connectivity index (χ2v) is 8.34. The van der Waals surface area contributed by atoms with Gasteiger partial charge in [0.05, 0.1) is 19.6 Å². The van der Waals surface area contributed by atoms with Crippen LogP contribution in [-0.4, -0.2) is 56.1 Å². The second kappa shape index (κ2) is 7.30. The molecule has 1 amide bonds. The van der Waals surface area contributed by atoms with Crippen molar-refractivity contribution in [1.29, 1.82) is 0 Å². The van der Waals surface area contributed by atoms with Crippen molar-refractivity contribution in [3.05, 3.63) is 23.5 Å². The van der Waals surface area contributed by atoms with E-state index in [2.05, 4.69) is 9.80 Å². The Morgan fingerprint density at radius 2 is 1.89 bits per heavy atom. The molecule has 3 aliphatic rings. The highest BCUT2D eigenvalue weighted by molar-refractivity contribution is 5.84. The Morgan fingerprint density at radius 1 is 1.15 bits per heavy atom. The molecule has 1 spiro atoms. The molecule has 6 heteroatoms. The monoisotopic (exact) mass is 376 g/mol. The van der Waals surface area contributed by atoms with Crippen LogP contribution in [0.15, 0.2) is 12.1 Å². The minimum absolute atomic E-state index is 0.264. The molecule has 0 radical (unpaired) electrons. The van der Waals surface area contributed by atoms with Crippen molar-refractivity contribution < 1.29 is 18.7 Å². The summed E-state index contributed by atoms with van der Waals surface area (Å²) >= 11 is 0. The first-order chi connectivity index (χ1) is 13.0. The molecule has 5 nitrogen and oxygen atoms in total. The van der Waals surface area contributed by atoms with E-state index in [-0.39, 0.29) is 11.2 Å². The van der Waals surface area contributed by atoms with Gasteiger partial charge in [0.2, 0.25) is 5.91 Å². The lowest BCUT2D eigenvalue weighted by atomic mass is 9.78. The minimum atomic E-state index is -0.293. The van der Waals surface area contributed by atoms with Gasteiger partial charge >= 0.3 is 0 Å². The zero-order chi connectivity index (χ0) is 19.0. The van der Waals surface area contributed by atoms with Crippen LogP contribution in [0.5, 0.6) is 11.5 Å². The fourth-order valence-electron chi connectivity index (χ4n) is 4.67. The van der Waals surface area contributed by atoms with E-state index in [4.69, 9.17) is 9.47 Å². The third kappa shape index (κ3) is 3.64. The zero-order valence-electron chi connectivity index (χ0n) is 16.3. The Bertz CT molecular complexity index is 722. The normalized spacial score (nSPS) is 26.0. The fraction of sp³-hybridized carbons (Fsp3) is 0.667. The van der Waals surface area contributed by atoms with E-state index in [0.29, 0.717) is 29.5 Å². The van der Waals surface area contributed by atoms with E-state index in [1.165, 1.54) is 26.0 Å². The number of halogens is 1. The molecular formula is C21H29FN2O3. The molecule has 0 unspecified atom stereocenters. The Morgan fingerprint density at radius 3 is 2.59 bits per heavy atom. The van der Waals surface area contributed by atoms with Crippen molar-refractivity contribution in [2.45, 2.75) is 38.6 Å². The van der Waals surface area contributed by atoms with Gasteiger partial charge in [0.15, 0.2) is 11.5 Å². The van der Waals surface area contributed by atoms with Gasteiger partial charge < -0.3 is 14.4 Å². The lowest BCUT2D eigenvalue weighted by Gasteiger charge is -2.39. The van der Waals surface area contributed by atoms with E-state index >= 15 is 0 Å². The molecule has 1 aliphatic carbocycles. The number of hydrogen-bond donors (Lipinski definition) is 0. The molecule has 4 rings (SSSR count). The summed E-state index contributed by atoms with van der Waals surface area (Å²) in [6.45, 7) is 3.88. The van der Waals surface area contributed by atoms with E-state index in [9.17, 15) is 9.18 Å². The highest BCUT2D eigenvalue weighted by atomic mass is 19.1. The summed E-state index contributed by atoms with van der Waals surface area (Å²) in [6.07, 6.45) is 5.44. The van der Waals surface area contributed by atoms with E-state index in [1.54, 1.807) is 13.2 Å². The maximum atomic E-state index is 14.5. The number of hydrogen-bond acceptors (Lipinski definition) is 4. The van der Waals surface area contributed by atoms with E-state index < -0.39 is 0 Å². The molecule has 1 saturated carbocycles. The number of nitrogens with zero attached hydrogens (tertiary/aromatic N) is 2. The summed E-state index contributed by atoms with van der Waals surface area (Å²) < 4.78 is 25.0. The first kappa shape index (κ1) is 18.5. The second-order valence-electron chi connectivity index (χ2n) is 8.34. The van der Waals surface area contributed by atoms with Gasteiger partial charge in [0, 0.05) is 37.8 Å². The van der Waals surface area contributed by atoms with Crippen LogP contribution in [-0.2, 0) is 11.3 Å². The summed E-state index contributed by atoms with van der Waals surface area (Å²) in [5.41, 5.74) is 0.322. The highest BCUT2D eigenvalue weighted by Crippen LogP contribution is 2.42. The Hall–Kier alpha value is -1.82. The lowest BCUT2D eigenvalue weighted by Crippen LogP contribution is -2.50. The van der Waals surface area contributed by atoms with Crippen LogP contribution in [0.2, 0.25) is 0 Å². The van der Waals surface area contributed by atoms with Crippen LogP contribution < -0.4 is 9.47 Å². The molecule has 0 N–H and O–H groups in total. The number of carbonyl (C=O) groups is 1. The number of piperidine rings is 1. The Labute approximate surface area is 160 Å². The maximum Gasteiger partial charge on any atom is 0.230 e. The van der Waals surface area contributed by atoms with Crippen molar-refractivity contribution in [1.82, 2.24) is 9.80 Å². The molecule has 0 aromatic heterocycles. The predicted octanol–water partition coefficient (Wildman–Crippen LogP) is 3.07. The number of likely N-dealkylation sites (tertiary alicyclic amines) is 2. The van der Waals surface area contributed by atoms with E-state index in [0.717, 1.165) is 51.4 Å². The largest absolute Gasteiger partial charge is 0.493 e. The molecule has 1 atom stereocenters. The zero-order valence-corrected chi connectivity index (χ0v) is 16.3. The van der Waals surface area contributed by atoms with Crippen molar-refractivity contribution in [3.63, 3.8) is 0 Å². The van der Waals surface area contributed by atoms with Crippen molar-refractivity contribution >= 4 is 5.91 Å². The fourth-order valence-corrected chi connectivity index (χ4v) is 4.67. The van der Waals surface area contributed by atoms with Crippen LogP contribution in [0.4, 0.5) is 4.39 Å². The number of methoxy groups -OCH3 is 2. The third-order valence-electron chi connectivity index (χ3n) is 6.38. The SMILES string of the molecule is COc1cc(F)c(CN2CC[C@]3(CCCN(CC4CC4)C3=O)C2)cc1OC. The van der Waals surface area contributed by atoms with Gasteiger partial charge in [-0.05, 0) is 50.6 Å². The maximum absolute atomic E-state index is 14.5. The molecule has 2 saturated heterocycles. The lowest BCUT2D eigenvalue weighted by molar-refractivity contribution is -0.145. The third-order valence-corrected chi connectivity index (χ3v) is 6.38. The van der Waals surface area contributed by atoms with Gasteiger partial charge in [0.1, 0.15) is 5.82 Å². The topological polar surface area (TPSA) is 42.0 Å². The Kier molecular flexibility index (Phi) is 5.01. The molecule has 2 aliphatic heterocycles. The van der Waals surface area contributed by atoms with Gasteiger partial charge in [-0.15, -0.1) is 0 Å². The van der Waals surface area contributed by atoms with Crippen LogP contribution in [0.25, 0.3) is 0 Å². The minimum Gasteiger partial charge on any atom is -0.493 e. The van der Waals surface area contributed by atoms with Gasteiger partial charge in [-0.1, -0.05) is 0 Å². The molecule has 1 aromatic carbocycles. The highest BCUT2D eigenvalue weighted by Gasteiger charge is 2.48. The number of carbonyl (C=O) groups excluding carboxylic acids is 1. The summed E-state index contributed by atoms with van der Waals surface area (Å²) in [7, 11) is 3.06. The molecule has 27 heavy (non-hydrogen) atoms. The average molecular weight is 376 g/mol. The van der Waals surface area contributed by atoms with Crippen molar-refractivity contribution in [2.75, 3.05) is 40.4 Å². The van der Waals surface area contributed by atoms with Gasteiger partial charge in [-0.3, -0.25) is 9.69 Å². The van der Waals surface area contributed by atoms with Crippen LogP contribution in [0.1, 0.15) is 37.7 Å². The Balaban J connectivity index is 1.45. The standard InChI is InChI=1S/C21H29FN2O3/c1-26-18-10-16(17(22)11-19(18)27-2)13-23-9-7-21(14-23)6-3-8-24(20(21)25)12-15-4-5-15/h10-11,15H,3-9,12-14H2,1-2H3/t21-/m1/s1. The van der Waals surface area contributed by atoms with Crippen molar-refractivity contribution in [3.8, 4) is 11.5 Å². The van der Waals surface area contributed by atoms with Crippen LogP contribution in [0.3, 0.4) is 0 Å². The quantitative estimate of drug-likeness (QED) is 0.765. The summed E-state index contributed by atoms with van der Waals surface area (Å²) in [4.78, 5) is 17.5. The smallest absolute Gasteiger partial charge is 0.230 e. The summed E-state index contributed by atoms with van der Waals surface area (Å²) in [5.74, 6) is 1.69. The molecule has 148 valence electrons. The van der Waals surface area contributed by atoms with E-state index in [1.807, 2.05) is 0 Å². The first-order valence-corrected chi connectivity index (χ1v) is 9.97. The number of amides is 1. The predicted molar refractivity (Wildman–Crippen MR) is 100 cm³/mol. The first-order valence-electron chi connectivity index (χ1n) is 9.97. The molecule has 1 aromatic rings. The van der Waals surface area contributed by atoms with Crippen LogP contribution >= 0.6 is 0 Å². The summed E-state index contributed by atoms with van der Waals surface area (Å²) in [6, 6.07) is 3.09. The molecule has 2 heterocycles. The van der Waals surface area contributed by atoms with Crippen molar-refractivity contribution in [2.24, 2.45) is 11.3 Å². The van der Waals surface area contributed by atoms with Gasteiger partial charge in [-0.25, -0.2) is 4.39 Å². The van der Waals surface area contributed by atoms with Crippen LogP contribution in [0, 0.1) is 17.2 Å². The number of ether oxygens (including phenoxy) is 2. The summed E-state index contributed by atoms with van der Waals surface area (Å²) in [5, 5.41) is 0. The molecule has 0 bridgehead atoms. The number of rotatable bonds is 6. The van der Waals surface area contributed by atoms with Gasteiger partial charge in [0.25, 0.3) is 0 Å². The van der Waals surface area contributed by atoms with Gasteiger partial charge in [-0.2, -0.15) is 0 Å². The molecular weight excluding hydrogens is 347 g/mol. The number of benzene rings is 1.